The van der Waals surface area contributed by atoms with Gasteiger partial charge in [0, 0.05) is 13.1 Å². The fourth-order valence-electron chi connectivity index (χ4n) is 1.08. The Hall–Kier alpha value is -1.07. The van der Waals surface area contributed by atoms with Crippen molar-refractivity contribution in [2.24, 2.45) is 0 Å². The third-order valence-electron chi connectivity index (χ3n) is 1.82. The van der Waals surface area contributed by atoms with Crippen molar-refractivity contribution < 1.29 is 0 Å². The summed E-state index contributed by atoms with van der Waals surface area (Å²) in [6, 6.07) is 0. The van der Waals surface area contributed by atoms with E-state index >= 15 is 0 Å². The maximum absolute atomic E-state index is 11.1. The Labute approximate surface area is 93.3 Å². The lowest BCUT2D eigenvalue weighted by Gasteiger charge is -2.06. The van der Waals surface area contributed by atoms with E-state index in [-0.39, 0.29) is 10.6 Å². The lowest BCUT2D eigenvalue weighted by Crippen LogP contribution is -2.23. The highest BCUT2D eigenvalue weighted by Gasteiger charge is 2.03. The van der Waals surface area contributed by atoms with Crippen LogP contribution in [-0.4, -0.2) is 29.6 Å². The molecule has 5 nitrogen and oxygen atoms in total. The maximum Gasteiger partial charge on any atom is 0.271 e. The van der Waals surface area contributed by atoms with Crippen molar-refractivity contribution in [2.75, 3.05) is 25.0 Å². The van der Waals surface area contributed by atoms with Gasteiger partial charge in [-0.25, -0.2) is 4.98 Å². The minimum Gasteiger partial charge on any atom is -0.367 e. The van der Waals surface area contributed by atoms with Crippen LogP contribution in [0.5, 0.6) is 0 Å². The van der Waals surface area contributed by atoms with Crippen LogP contribution in [0, 0.1) is 0 Å². The summed E-state index contributed by atoms with van der Waals surface area (Å²) in [5.74, 6) is 0.429. The van der Waals surface area contributed by atoms with E-state index in [9.17, 15) is 4.79 Å². The van der Waals surface area contributed by atoms with Crippen LogP contribution in [0.15, 0.2) is 11.1 Å². The monoisotopic (exact) mass is 230 g/mol. The third-order valence-corrected chi connectivity index (χ3v) is 2.17. The zero-order chi connectivity index (χ0) is 11.1. The molecule has 15 heavy (non-hydrogen) atoms. The molecule has 84 valence electrons. The average Bonchev–Trinajstić information content (AvgIpc) is 2.24. The fraction of sp³-hybridized carbons (Fsp3) is 0.556. The molecule has 0 aliphatic heterocycles. The predicted molar refractivity (Wildman–Crippen MR) is 61.5 cm³/mol. The van der Waals surface area contributed by atoms with Crippen molar-refractivity contribution in [1.82, 2.24) is 15.3 Å². The largest absolute Gasteiger partial charge is 0.367 e. The van der Waals surface area contributed by atoms with E-state index in [4.69, 9.17) is 11.6 Å². The Morgan fingerprint density at radius 2 is 2.27 bits per heavy atom. The summed E-state index contributed by atoms with van der Waals surface area (Å²) in [5, 5.41) is 6.31. The second kappa shape index (κ2) is 6.42. The molecule has 1 heterocycles. The van der Waals surface area contributed by atoms with Gasteiger partial charge in [-0.1, -0.05) is 18.5 Å². The van der Waals surface area contributed by atoms with Crippen LogP contribution in [0.4, 0.5) is 5.82 Å². The predicted octanol–water partition coefficient (Wildman–Crippen LogP) is 0.835. The molecular weight excluding hydrogens is 216 g/mol. The van der Waals surface area contributed by atoms with Crippen molar-refractivity contribution in [3.8, 4) is 0 Å². The number of rotatable bonds is 6. The van der Waals surface area contributed by atoms with Crippen LogP contribution in [0.2, 0.25) is 5.02 Å². The van der Waals surface area contributed by atoms with E-state index < -0.39 is 0 Å². The van der Waals surface area contributed by atoms with Gasteiger partial charge in [-0.05, 0) is 13.0 Å². The molecule has 0 atom stereocenters. The van der Waals surface area contributed by atoms with Crippen molar-refractivity contribution in [2.45, 2.75) is 13.3 Å². The van der Waals surface area contributed by atoms with Gasteiger partial charge >= 0.3 is 0 Å². The van der Waals surface area contributed by atoms with Gasteiger partial charge in [0.1, 0.15) is 5.02 Å². The van der Waals surface area contributed by atoms with Gasteiger partial charge in [0.05, 0.1) is 6.33 Å². The first-order valence-corrected chi connectivity index (χ1v) is 5.31. The number of H-pyrrole nitrogens is 1. The van der Waals surface area contributed by atoms with Crippen molar-refractivity contribution in [3.63, 3.8) is 0 Å². The van der Waals surface area contributed by atoms with E-state index in [2.05, 4.69) is 27.5 Å². The zero-order valence-corrected chi connectivity index (χ0v) is 9.40. The lowest BCUT2D eigenvalue weighted by molar-refractivity contribution is 0.687. The van der Waals surface area contributed by atoms with Crippen LogP contribution in [-0.2, 0) is 0 Å². The highest BCUT2D eigenvalue weighted by molar-refractivity contribution is 6.32. The SMILES string of the molecule is CCCNCCNc1nc[nH]c(=O)c1Cl. The van der Waals surface area contributed by atoms with Gasteiger partial charge < -0.3 is 15.6 Å². The quantitative estimate of drug-likeness (QED) is 0.634. The first-order valence-electron chi connectivity index (χ1n) is 4.93. The highest BCUT2D eigenvalue weighted by Crippen LogP contribution is 2.10. The van der Waals surface area contributed by atoms with Gasteiger partial charge in [-0.2, -0.15) is 0 Å². The first-order chi connectivity index (χ1) is 7.25. The third kappa shape index (κ3) is 3.89. The molecule has 0 unspecified atom stereocenters. The second-order valence-electron chi connectivity index (χ2n) is 3.07. The van der Waals surface area contributed by atoms with Crippen LogP contribution >= 0.6 is 11.6 Å². The smallest absolute Gasteiger partial charge is 0.271 e. The second-order valence-corrected chi connectivity index (χ2v) is 3.45. The Balaban J connectivity index is 2.38. The van der Waals surface area contributed by atoms with Crippen molar-refractivity contribution >= 4 is 17.4 Å². The molecule has 0 aliphatic carbocycles. The van der Waals surface area contributed by atoms with Crippen molar-refractivity contribution in [3.05, 3.63) is 21.7 Å². The van der Waals surface area contributed by atoms with E-state index in [1.165, 1.54) is 6.33 Å². The first kappa shape index (κ1) is 12.0. The summed E-state index contributed by atoms with van der Waals surface area (Å²) in [6.07, 6.45) is 2.43. The van der Waals surface area contributed by atoms with Gasteiger partial charge in [-0.3, -0.25) is 4.79 Å². The summed E-state index contributed by atoms with van der Waals surface area (Å²) >= 11 is 5.74. The van der Waals surface area contributed by atoms with Gasteiger partial charge in [-0.15, -0.1) is 0 Å². The van der Waals surface area contributed by atoms with Gasteiger partial charge in [0.15, 0.2) is 5.82 Å². The number of aromatic nitrogens is 2. The molecular formula is C9H15ClN4O. The molecule has 1 rings (SSSR count). The van der Waals surface area contributed by atoms with Crippen LogP contribution in [0.3, 0.4) is 0 Å². The molecule has 0 bridgehead atoms. The molecule has 1 aromatic heterocycles. The topological polar surface area (TPSA) is 69.8 Å². The van der Waals surface area contributed by atoms with E-state index in [1.807, 2.05) is 0 Å². The molecule has 3 N–H and O–H groups in total. The van der Waals surface area contributed by atoms with Crippen LogP contribution in [0.1, 0.15) is 13.3 Å². The maximum atomic E-state index is 11.1. The summed E-state index contributed by atoms with van der Waals surface area (Å²) < 4.78 is 0. The Morgan fingerprint density at radius 1 is 1.47 bits per heavy atom. The summed E-state index contributed by atoms with van der Waals surface area (Å²) in [5.41, 5.74) is -0.323. The Bertz CT molecular complexity index is 352. The highest BCUT2D eigenvalue weighted by atomic mass is 35.5. The molecule has 6 heteroatoms. The number of aromatic amines is 1. The average molecular weight is 231 g/mol. The molecule has 0 radical (unpaired) electrons. The van der Waals surface area contributed by atoms with E-state index in [1.54, 1.807) is 0 Å². The molecule has 0 saturated carbocycles. The van der Waals surface area contributed by atoms with Crippen LogP contribution in [0.25, 0.3) is 0 Å². The Kier molecular flexibility index (Phi) is 5.14. The number of hydrogen-bond donors (Lipinski definition) is 3. The molecule has 0 aliphatic rings. The lowest BCUT2D eigenvalue weighted by atomic mass is 10.4. The minimum atomic E-state index is -0.323. The summed E-state index contributed by atoms with van der Waals surface area (Å²) in [4.78, 5) is 17.4. The van der Waals surface area contributed by atoms with Crippen LogP contribution < -0.4 is 16.2 Å². The number of nitrogens with one attached hydrogen (secondary N) is 3. The van der Waals surface area contributed by atoms with E-state index in [0.29, 0.717) is 12.4 Å². The van der Waals surface area contributed by atoms with Gasteiger partial charge in [0.25, 0.3) is 5.56 Å². The number of anilines is 1. The fourth-order valence-corrected chi connectivity index (χ4v) is 1.25. The number of halogens is 1. The molecule has 0 fully saturated rings. The number of hydrogen-bond acceptors (Lipinski definition) is 4. The minimum absolute atomic E-state index is 0.105. The zero-order valence-electron chi connectivity index (χ0n) is 8.64. The standard InChI is InChI=1S/C9H15ClN4O/c1-2-3-11-4-5-12-8-7(10)9(15)14-6-13-8/h6,11H,2-5H2,1H3,(H2,12,13,14,15). The summed E-state index contributed by atoms with van der Waals surface area (Å²) in [7, 11) is 0. The van der Waals surface area contributed by atoms with Gasteiger partial charge in [0.2, 0.25) is 0 Å². The molecule has 0 amide bonds. The van der Waals surface area contributed by atoms with Crippen molar-refractivity contribution in [1.29, 1.82) is 0 Å². The molecule has 0 spiro atoms. The Morgan fingerprint density at radius 3 is 3.00 bits per heavy atom. The molecule has 0 aromatic carbocycles. The molecule has 0 saturated heterocycles. The van der Waals surface area contributed by atoms with E-state index in [0.717, 1.165) is 19.5 Å². The normalized spacial score (nSPS) is 10.3. The number of nitrogens with zero attached hydrogens (tertiary/aromatic N) is 1. The molecule has 1 aromatic rings. The summed E-state index contributed by atoms with van der Waals surface area (Å²) in [6.45, 7) is 4.60.